The van der Waals surface area contributed by atoms with Crippen molar-refractivity contribution < 1.29 is 0 Å². The predicted octanol–water partition coefficient (Wildman–Crippen LogP) is 4.93. The van der Waals surface area contributed by atoms with Crippen LogP contribution in [0, 0.1) is 0 Å². The average Bonchev–Trinajstić information content (AvgIpc) is 2.93. The first-order chi connectivity index (χ1) is 11.2. The van der Waals surface area contributed by atoms with Gasteiger partial charge in [-0.2, -0.15) is 0 Å². The molecular weight excluding hydrogens is 306 g/mol. The van der Waals surface area contributed by atoms with Crippen molar-refractivity contribution >= 4 is 22.6 Å². The molecule has 0 bridgehead atoms. The Kier molecular flexibility index (Phi) is 4.99. The monoisotopic (exact) mass is 327 g/mol. The van der Waals surface area contributed by atoms with Crippen LogP contribution in [0.25, 0.3) is 11.0 Å². The van der Waals surface area contributed by atoms with E-state index in [1.807, 2.05) is 30.3 Å². The van der Waals surface area contributed by atoms with E-state index in [4.69, 9.17) is 22.3 Å². The highest BCUT2D eigenvalue weighted by atomic mass is 35.5. The Morgan fingerprint density at radius 3 is 2.61 bits per heavy atom. The van der Waals surface area contributed by atoms with Crippen LogP contribution in [-0.2, 0) is 6.54 Å². The van der Waals surface area contributed by atoms with Crippen molar-refractivity contribution in [1.29, 1.82) is 0 Å². The van der Waals surface area contributed by atoms with E-state index in [1.165, 1.54) is 5.56 Å². The molecule has 2 aromatic carbocycles. The lowest BCUT2D eigenvalue weighted by Crippen LogP contribution is -2.17. The summed E-state index contributed by atoms with van der Waals surface area (Å²) in [4.78, 5) is 4.79. The third kappa shape index (κ3) is 3.57. The SMILES string of the molecule is CCCCC(N)c1nc2ccccc2n1Cc1ccc(Cl)cc1. The highest BCUT2D eigenvalue weighted by molar-refractivity contribution is 6.30. The number of unbranched alkanes of at least 4 members (excludes halogenated alkanes) is 1. The van der Waals surface area contributed by atoms with Gasteiger partial charge in [0.25, 0.3) is 0 Å². The molecule has 4 heteroatoms. The molecule has 1 aromatic heterocycles. The van der Waals surface area contributed by atoms with E-state index in [2.05, 4.69) is 29.7 Å². The topological polar surface area (TPSA) is 43.8 Å². The fourth-order valence-corrected chi connectivity index (χ4v) is 2.99. The van der Waals surface area contributed by atoms with Crippen molar-refractivity contribution in [3.8, 4) is 0 Å². The Balaban J connectivity index is 2.00. The van der Waals surface area contributed by atoms with Crippen molar-refractivity contribution in [1.82, 2.24) is 9.55 Å². The van der Waals surface area contributed by atoms with Gasteiger partial charge < -0.3 is 10.3 Å². The summed E-state index contributed by atoms with van der Waals surface area (Å²) in [6.45, 7) is 2.94. The van der Waals surface area contributed by atoms with Gasteiger partial charge >= 0.3 is 0 Å². The van der Waals surface area contributed by atoms with Gasteiger partial charge in [0.05, 0.1) is 17.1 Å². The minimum Gasteiger partial charge on any atom is -0.322 e. The van der Waals surface area contributed by atoms with Gasteiger partial charge in [0.2, 0.25) is 0 Å². The van der Waals surface area contributed by atoms with Crippen LogP contribution in [0.3, 0.4) is 0 Å². The lowest BCUT2D eigenvalue weighted by molar-refractivity contribution is 0.552. The van der Waals surface area contributed by atoms with Crippen molar-refractivity contribution in [2.24, 2.45) is 5.73 Å². The van der Waals surface area contributed by atoms with Crippen molar-refractivity contribution in [3.05, 3.63) is 64.9 Å². The number of nitrogens with zero attached hydrogens (tertiary/aromatic N) is 2. The van der Waals surface area contributed by atoms with Crippen molar-refractivity contribution in [3.63, 3.8) is 0 Å². The normalized spacial score (nSPS) is 12.7. The number of nitrogens with two attached hydrogens (primary N) is 1. The molecule has 0 fully saturated rings. The van der Waals surface area contributed by atoms with Crippen molar-refractivity contribution in [2.45, 2.75) is 38.8 Å². The van der Waals surface area contributed by atoms with Gasteiger partial charge in [0, 0.05) is 11.6 Å². The van der Waals surface area contributed by atoms with Crippen LogP contribution in [0.15, 0.2) is 48.5 Å². The summed E-state index contributed by atoms with van der Waals surface area (Å²) in [6.07, 6.45) is 3.22. The molecule has 1 atom stereocenters. The first kappa shape index (κ1) is 16.0. The number of aromatic nitrogens is 2. The van der Waals surface area contributed by atoms with E-state index in [1.54, 1.807) is 0 Å². The zero-order valence-corrected chi connectivity index (χ0v) is 14.1. The summed E-state index contributed by atoms with van der Waals surface area (Å²) >= 11 is 5.99. The van der Waals surface area contributed by atoms with Gasteiger partial charge in [0.15, 0.2) is 0 Å². The third-order valence-electron chi connectivity index (χ3n) is 4.14. The number of para-hydroxylation sites is 2. The highest BCUT2D eigenvalue weighted by Gasteiger charge is 2.16. The van der Waals surface area contributed by atoms with Gasteiger partial charge in [-0.05, 0) is 36.2 Å². The molecular formula is C19H22ClN3. The number of rotatable bonds is 6. The number of halogens is 1. The maximum absolute atomic E-state index is 6.42. The Morgan fingerprint density at radius 2 is 1.87 bits per heavy atom. The van der Waals surface area contributed by atoms with Crippen LogP contribution in [0.5, 0.6) is 0 Å². The summed E-state index contributed by atoms with van der Waals surface area (Å²) in [5.41, 5.74) is 9.75. The molecule has 1 heterocycles. The summed E-state index contributed by atoms with van der Waals surface area (Å²) in [6, 6.07) is 16.1. The predicted molar refractivity (Wildman–Crippen MR) is 96.7 cm³/mol. The van der Waals surface area contributed by atoms with E-state index in [9.17, 15) is 0 Å². The largest absolute Gasteiger partial charge is 0.322 e. The molecule has 3 rings (SSSR count). The second kappa shape index (κ2) is 7.16. The zero-order valence-electron chi connectivity index (χ0n) is 13.4. The third-order valence-corrected chi connectivity index (χ3v) is 4.39. The summed E-state index contributed by atoms with van der Waals surface area (Å²) in [5, 5.41) is 0.754. The summed E-state index contributed by atoms with van der Waals surface area (Å²) in [7, 11) is 0. The Bertz CT molecular complexity index is 777. The first-order valence-electron chi connectivity index (χ1n) is 8.14. The minimum atomic E-state index is -0.0327. The molecule has 0 spiro atoms. The molecule has 23 heavy (non-hydrogen) atoms. The van der Waals surface area contributed by atoms with Crippen LogP contribution in [-0.4, -0.2) is 9.55 Å². The number of hydrogen-bond acceptors (Lipinski definition) is 2. The van der Waals surface area contributed by atoms with Crippen molar-refractivity contribution in [2.75, 3.05) is 0 Å². The van der Waals surface area contributed by atoms with Crippen LogP contribution < -0.4 is 5.73 Å². The fraction of sp³-hybridized carbons (Fsp3) is 0.316. The van der Waals surface area contributed by atoms with Crippen LogP contribution in [0.1, 0.15) is 43.6 Å². The van der Waals surface area contributed by atoms with Crippen LogP contribution in [0.4, 0.5) is 0 Å². The van der Waals surface area contributed by atoms with E-state index >= 15 is 0 Å². The van der Waals surface area contributed by atoms with Gasteiger partial charge in [-0.3, -0.25) is 0 Å². The Labute approximate surface area is 142 Å². The summed E-state index contributed by atoms with van der Waals surface area (Å²) in [5.74, 6) is 0.967. The van der Waals surface area contributed by atoms with Gasteiger partial charge in [0.1, 0.15) is 5.82 Å². The van der Waals surface area contributed by atoms with E-state index in [0.717, 1.165) is 47.7 Å². The van der Waals surface area contributed by atoms with Gasteiger partial charge in [-0.1, -0.05) is 55.6 Å². The molecule has 2 N–H and O–H groups in total. The molecule has 0 amide bonds. The molecule has 3 aromatic rings. The number of hydrogen-bond donors (Lipinski definition) is 1. The fourth-order valence-electron chi connectivity index (χ4n) is 2.87. The lowest BCUT2D eigenvalue weighted by atomic mass is 10.1. The average molecular weight is 328 g/mol. The molecule has 0 saturated heterocycles. The molecule has 0 aliphatic heterocycles. The maximum Gasteiger partial charge on any atom is 0.127 e. The molecule has 1 unspecified atom stereocenters. The molecule has 3 nitrogen and oxygen atoms in total. The van der Waals surface area contributed by atoms with E-state index < -0.39 is 0 Å². The van der Waals surface area contributed by atoms with Gasteiger partial charge in [-0.15, -0.1) is 0 Å². The molecule has 120 valence electrons. The minimum absolute atomic E-state index is 0.0327. The molecule has 0 aliphatic carbocycles. The maximum atomic E-state index is 6.42. The number of imidazole rings is 1. The standard InChI is InChI=1S/C19H22ClN3/c1-2-3-6-16(21)19-22-17-7-4-5-8-18(17)23(19)13-14-9-11-15(20)12-10-14/h4-5,7-12,16H,2-3,6,13,21H2,1H3. The second-order valence-electron chi connectivity index (χ2n) is 5.92. The van der Waals surface area contributed by atoms with Gasteiger partial charge in [-0.25, -0.2) is 4.98 Å². The number of fused-ring (bicyclic) bond motifs is 1. The van der Waals surface area contributed by atoms with Crippen LogP contribution >= 0.6 is 11.6 Å². The van der Waals surface area contributed by atoms with E-state index in [0.29, 0.717) is 0 Å². The second-order valence-corrected chi connectivity index (χ2v) is 6.36. The highest BCUT2D eigenvalue weighted by Crippen LogP contribution is 2.24. The number of benzene rings is 2. The smallest absolute Gasteiger partial charge is 0.127 e. The lowest BCUT2D eigenvalue weighted by Gasteiger charge is -2.15. The Morgan fingerprint density at radius 1 is 1.13 bits per heavy atom. The molecule has 0 aliphatic rings. The Hall–Kier alpha value is -1.84. The quantitative estimate of drug-likeness (QED) is 0.697. The van der Waals surface area contributed by atoms with Crippen LogP contribution in [0.2, 0.25) is 5.02 Å². The molecule has 0 radical (unpaired) electrons. The first-order valence-corrected chi connectivity index (χ1v) is 8.52. The summed E-state index contributed by atoms with van der Waals surface area (Å²) < 4.78 is 2.24. The molecule has 0 saturated carbocycles. The zero-order chi connectivity index (χ0) is 16.2. The van der Waals surface area contributed by atoms with E-state index in [-0.39, 0.29) is 6.04 Å².